The van der Waals surface area contributed by atoms with Gasteiger partial charge in [0.1, 0.15) is 0 Å². The first kappa shape index (κ1) is 18.1. The largest absolute Gasteiger partial charge is 0.462 e. The van der Waals surface area contributed by atoms with Crippen LogP contribution in [0.3, 0.4) is 0 Å². The van der Waals surface area contributed by atoms with Gasteiger partial charge in [0.05, 0.1) is 29.3 Å². The van der Waals surface area contributed by atoms with Crippen LogP contribution in [0.5, 0.6) is 0 Å². The van der Waals surface area contributed by atoms with Crippen LogP contribution < -0.4 is 0 Å². The lowest BCUT2D eigenvalue weighted by molar-refractivity contribution is 0.0526. The number of ether oxygens (including phenoxy) is 1. The van der Waals surface area contributed by atoms with E-state index in [1.54, 1.807) is 6.92 Å². The number of hydrogen-bond acceptors (Lipinski definition) is 5. The van der Waals surface area contributed by atoms with E-state index >= 15 is 0 Å². The molecule has 0 radical (unpaired) electrons. The molecule has 1 heterocycles. The third-order valence-corrected chi connectivity index (χ3v) is 4.70. The normalized spacial score (nSPS) is 17.0. The number of carbonyl (C=O) groups is 1. The molecule has 0 aliphatic heterocycles. The molecule has 5 heteroatoms. The lowest BCUT2D eigenvalue weighted by Gasteiger charge is -2.33. The Balaban J connectivity index is 2.37. The fraction of sp³-hybridized carbons (Fsp3) is 0.381. The van der Waals surface area contributed by atoms with E-state index in [-0.39, 0.29) is 12.0 Å². The van der Waals surface area contributed by atoms with Crippen LogP contribution in [0.25, 0.3) is 11.1 Å². The van der Waals surface area contributed by atoms with Crippen LogP contribution in [0, 0.1) is 12.3 Å². The van der Waals surface area contributed by atoms with Crippen molar-refractivity contribution in [1.82, 2.24) is 4.98 Å². The summed E-state index contributed by atoms with van der Waals surface area (Å²) in [6.07, 6.45) is 1.37. The summed E-state index contributed by atoms with van der Waals surface area (Å²) in [6, 6.07) is 9.68. The standard InChI is InChI=1S/C21H24N2O3/c1-5-26-20(24)17-13(2)22-15-11-21(3,4)12-16(23-25)19(15)18(17)14-9-7-6-8-10-14/h6-10,25H,5,11-12H2,1-4H3/b23-16+. The van der Waals surface area contributed by atoms with E-state index in [9.17, 15) is 10.0 Å². The van der Waals surface area contributed by atoms with Crippen molar-refractivity contribution in [3.63, 3.8) is 0 Å². The predicted molar refractivity (Wildman–Crippen MR) is 101 cm³/mol. The van der Waals surface area contributed by atoms with Crippen LogP contribution in [-0.2, 0) is 11.2 Å². The molecule has 0 atom stereocenters. The smallest absolute Gasteiger partial charge is 0.340 e. The van der Waals surface area contributed by atoms with Crippen LogP contribution in [0.2, 0.25) is 0 Å². The van der Waals surface area contributed by atoms with E-state index < -0.39 is 5.97 Å². The van der Waals surface area contributed by atoms with E-state index in [1.807, 2.05) is 37.3 Å². The number of nitrogens with zero attached hydrogens (tertiary/aromatic N) is 2. The summed E-state index contributed by atoms with van der Waals surface area (Å²) in [5.41, 5.74) is 4.83. The maximum absolute atomic E-state index is 12.7. The summed E-state index contributed by atoms with van der Waals surface area (Å²) in [5.74, 6) is -0.402. The predicted octanol–water partition coefficient (Wildman–Crippen LogP) is 4.38. The SMILES string of the molecule is CCOC(=O)c1c(C)nc2c(c1-c1ccccc1)/C(=N/O)CC(C)(C)C2. The molecule has 1 N–H and O–H groups in total. The van der Waals surface area contributed by atoms with Gasteiger partial charge in [0.15, 0.2) is 0 Å². The first-order chi connectivity index (χ1) is 12.4. The van der Waals surface area contributed by atoms with Crippen LogP contribution in [0.15, 0.2) is 35.5 Å². The van der Waals surface area contributed by atoms with Crippen LogP contribution in [-0.4, -0.2) is 28.5 Å². The van der Waals surface area contributed by atoms with Crippen molar-refractivity contribution in [1.29, 1.82) is 0 Å². The van der Waals surface area contributed by atoms with Gasteiger partial charge in [-0.1, -0.05) is 49.3 Å². The number of carbonyl (C=O) groups excluding carboxylic acids is 1. The van der Waals surface area contributed by atoms with Gasteiger partial charge in [-0.3, -0.25) is 4.98 Å². The Morgan fingerprint density at radius 1 is 1.23 bits per heavy atom. The number of aromatic nitrogens is 1. The van der Waals surface area contributed by atoms with Gasteiger partial charge >= 0.3 is 5.97 Å². The molecule has 5 nitrogen and oxygen atoms in total. The van der Waals surface area contributed by atoms with E-state index in [1.165, 1.54) is 0 Å². The molecule has 1 aliphatic carbocycles. The Labute approximate surface area is 153 Å². The maximum Gasteiger partial charge on any atom is 0.340 e. The molecule has 0 unspecified atom stereocenters. The maximum atomic E-state index is 12.7. The summed E-state index contributed by atoms with van der Waals surface area (Å²) in [7, 11) is 0. The Bertz CT molecular complexity index is 871. The number of esters is 1. The average Bonchev–Trinajstić information content (AvgIpc) is 2.59. The molecule has 136 valence electrons. The molecule has 0 saturated heterocycles. The van der Waals surface area contributed by atoms with E-state index in [4.69, 9.17) is 9.72 Å². The number of benzene rings is 1. The van der Waals surface area contributed by atoms with Gasteiger partial charge in [-0.15, -0.1) is 0 Å². The lowest BCUT2D eigenvalue weighted by Crippen LogP contribution is -2.30. The zero-order valence-electron chi connectivity index (χ0n) is 15.7. The fourth-order valence-electron chi connectivity index (χ4n) is 3.69. The van der Waals surface area contributed by atoms with E-state index in [0.29, 0.717) is 23.4 Å². The van der Waals surface area contributed by atoms with Gasteiger partial charge < -0.3 is 9.94 Å². The van der Waals surface area contributed by atoms with Crippen LogP contribution in [0.1, 0.15) is 54.5 Å². The van der Waals surface area contributed by atoms with Crippen molar-refractivity contribution < 1.29 is 14.7 Å². The number of oxime groups is 1. The Morgan fingerprint density at radius 2 is 1.92 bits per heavy atom. The zero-order chi connectivity index (χ0) is 18.9. The molecule has 0 amide bonds. The Hall–Kier alpha value is -2.69. The van der Waals surface area contributed by atoms with Gasteiger partial charge in [0, 0.05) is 11.1 Å². The number of fused-ring (bicyclic) bond motifs is 1. The quantitative estimate of drug-likeness (QED) is 0.505. The molecule has 2 aromatic rings. The molecule has 0 fully saturated rings. The summed E-state index contributed by atoms with van der Waals surface area (Å²) < 4.78 is 5.29. The van der Waals surface area contributed by atoms with E-state index in [0.717, 1.165) is 28.8 Å². The highest BCUT2D eigenvalue weighted by atomic mass is 16.5. The van der Waals surface area contributed by atoms with Crippen LogP contribution >= 0.6 is 0 Å². The van der Waals surface area contributed by atoms with Crippen molar-refractivity contribution in [2.75, 3.05) is 6.61 Å². The molecular weight excluding hydrogens is 328 g/mol. The number of hydrogen-bond donors (Lipinski definition) is 1. The monoisotopic (exact) mass is 352 g/mol. The Kier molecular flexibility index (Phi) is 4.81. The summed E-state index contributed by atoms with van der Waals surface area (Å²) >= 11 is 0. The molecule has 0 spiro atoms. The summed E-state index contributed by atoms with van der Waals surface area (Å²) in [6.45, 7) is 8.15. The molecule has 26 heavy (non-hydrogen) atoms. The first-order valence-corrected chi connectivity index (χ1v) is 8.85. The minimum atomic E-state index is -0.402. The number of aryl methyl sites for hydroxylation is 1. The van der Waals surface area contributed by atoms with Crippen molar-refractivity contribution >= 4 is 11.7 Å². The number of pyridine rings is 1. The van der Waals surface area contributed by atoms with Gasteiger partial charge in [-0.05, 0) is 37.7 Å². The van der Waals surface area contributed by atoms with Crippen molar-refractivity contribution in [2.45, 2.75) is 40.5 Å². The molecule has 1 aliphatic rings. The van der Waals surface area contributed by atoms with Crippen molar-refractivity contribution in [3.05, 3.63) is 52.8 Å². The highest BCUT2D eigenvalue weighted by molar-refractivity contribution is 6.12. The first-order valence-electron chi connectivity index (χ1n) is 8.85. The third kappa shape index (κ3) is 3.21. The summed E-state index contributed by atoms with van der Waals surface area (Å²) in [5, 5.41) is 13.3. The Morgan fingerprint density at radius 3 is 2.54 bits per heavy atom. The molecule has 0 saturated carbocycles. The highest BCUT2D eigenvalue weighted by Gasteiger charge is 2.36. The third-order valence-electron chi connectivity index (χ3n) is 4.70. The lowest BCUT2D eigenvalue weighted by atomic mass is 9.73. The topological polar surface area (TPSA) is 71.8 Å². The molecular formula is C21H24N2O3. The van der Waals surface area contributed by atoms with Gasteiger partial charge in [-0.2, -0.15) is 0 Å². The molecule has 0 bridgehead atoms. The van der Waals surface area contributed by atoms with Crippen molar-refractivity contribution in [3.8, 4) is 11.1 Å². The van der Waals surface area contributed by atoms with Gasteiger partial charge in [-0.25, -0.2) is 4.79 Å². The van der Waals surface area contributed by atoms with Crippen molar-refractivity contribution in [2.24, 2.45) is 10.6 Å². The average molecular weight is 352 g/mol. The second-order valence-corrected chi connectivity index (χ2v) is 7.42. The van der Waals surface area contributed by atoms with Gasteiger partial charge in [0.25, 0.3) is 0 Å². The molecule has 3 rings (SSSR count). The molecule has 1 aromatic carbocycles. The summed E-state index contributed by atoms with van der Waals surface area (Å²) in [4.78, 5) is 17.4. The second-order valence-electron chi connectivity index (χ2n) is 7.42. The van der Waals surface area contributed by atoms with Gasteiger partial charge in [0.2, 0.25) is 0 Å². The second kappa shape index (κ2) is 6.90. The fourth-order valence-corrected chi connectivity index (χ4v) is 3.69. The highest BCUT2D eigenvalue weighted by Crippen LogP contribution is 2.41. The number of rotatable bonds is 3. The minimum Gasteiger partial charge on any atom is -0.462 e. The van der Waals surface area contributed by atoms with E-state index in [2.05, 4.69) is 19.0 Å². The molecule has 1 aromatic heterocycles. The van der Waals surface area contributed by atoms with Crippen LogP contribution in [0.4, 0.5) is 0 Å². The minimum absolute atomic E-state index is 0.0621. The zero-order valence-corrected chi connectivity index (χ0v) is 15.7.